The first-order chi connectivity index (χ1) is 9.66. The van der Waals surface area contributed by atoms with Crippen molar-refractivity contribution in [2.45, 2.75) is 12.5 Å². The van der Waals surface area contributed by atoms with E-state index in [1.807, 2.05) is 18.2 Å². The smallest absolute Gasteiger partial charge is 0.246 e. The number of hydrogen-bond donors (Lipinski definition) is 0. The fraction of sp³-hybridized carbons (Fsp3) is 0.467. The molecule has 0 saturated carbocycles. The van der Waals surface area contributed by atoms with Crippen molar-refractivity contribution in [3.05, 3.63) is 30.3 Å². The Bertz CT molecular complexity index is 509. The maximum absolute atomic E-state index is 12.0. The third-order valence-electron chi connectivity index (χ3n) is 4.23. The van der Waals surface area contributed by atoms with E-state index < -0.39 is 0 Å². The Morgan fingerprint density at radius 3 is 2.20 bits per heavy atom. The number of piperazine rings is 1. The van der Waals surface area contributed by atoms with Gasteiger partial charge in [0.15, 0.2) is 0 Å². The largest absolute Gasteiger partial charge is 0.369 e. The highest BCUT2D eigenvalue weighted by Gasteiger charge is 2.40. The predicted octanol–water partition coefficient (Wildman–Crippen LogP) is 0.566. The van der Waals surface area contributed by atoms with E-state index in [-0.39, 0.29) is 17.9 Å². The number of rotatable bonds is 2. The molecule has 5 nitrogen and oxygen atoms in total. The fourth-order valence-electron chi connectivity index (χ4n) is 2.95. The first-order valence-electron chi connectivity index (χ1n) is 7.01. The summed E-state index contributed by atoms with van der Waals surface area (Å²) in [7, 11) is 1.57. The molecule has 20 heavy (non-hydrogen) atoms. The fourth-order valence-corrected chi connectivity index (χ4v) is 2.95. The number of carbonyl (C=O) groups is 2. The number of amides is 2. The van der Waals surface area contributed by atoms with Crippen LogP contribution >= 0.6 is 0 Å². The normalized spacial score (nSPS) is 24.6. The van der Waals surface area contributed by atoms with E-state index >= 15 is 0 Å². The molecular formula is C15H19N3O2. The molecule has 1 aromatic rings. The molecule has 2 saturated heterocycles. The monoisotopic (exact) mass is 273 g/mol. The highest BCUT2D eigenvalue weighted by Crippen LogP contribution is 2.21. The molecular weight excluding hydrogens is 254 g/mol. The lowest BCUT2D eigenvalue weighted by Crippen LogP contribution is -2.52. The lowest BCUT2D eigenvalue weighted by molar-refractivity contribution is -0.138. The van der Waals surface area contributed by atoms with Gasteiger partial charge in [0.2, 0.25) is 11.8 Å². The predicted molar refractivity (Wildman–Crippen MR) is 76.4 cm³/mol. The van der Waals surface area contributed by atoms with Crippen molar-refractivity contribution in [3.8, 4) is 0 Å². The first-order valence-corrected chi connectivity index (χ1v) is 7.01. The van der Waals surface area contributed by atoms with Gasteiger partial charge >= 0.3 is 0 Å². The molecule has 0 radical (unpaired) electrons. The maximum atomic E-state index is 12.0. The summed E-state index contributed by atoms with van der Waals surface area (Å²) in [4.78, 5) is 29.3. The van der Waals surface area contributed by atoms with Crippen molar-refractivity contribution < 1.29 is 9.59 Å². The van der Waals surface area contributed by atoms with Gasteiger partial charge in [0, 0.05) is 38.9 Å². The standard InChI is InChI=1S/C15H19N3O2/c1-16-14(19)11-13(15(16)20)18-9-7-17(8-10-18)12-5-3-2-4-6-12/h2-6,13H,7-11H2,1H3. The molecule has 2 aliphatic rings. The SMILES string of the molecule is CN1C(=O)CC(N2CCN(c3ccccc3)CC2)C1=O. The second kappa shape index (κ2) is 5.25. The zero-order valence-corrected chi connectivity index (χ0v) is 11.7. The van der Waals surface area contributed by atoms with Crippen LogP contribution in [0.5, 0.6) is 0 Å². The molecule has 5 heteroatoms. The molecule has 0 aromatic heterocycles. The van der Waals surface area contributed by atoms with Crippen LogP contribution < -0.4 is 4.90 Å². The van der Waals surface area contributed by atoms with Crippen LogP contribution in [0.3, 0.4) is 0 Å². The Morgan fingerprint density at radius 2 is 1.65 bits per heavy atom. The number of nitrogens with zero attached hydrogens (tertiary/aromatic N) is 3. The highest BCUT2D eigenvalue weighted by atomic mass is 16.2. The van der Waals surface area contributed by atoms with Crippen LogP contribution in [0.1, 0.15) is 6.42 Å². The second-order valence-corrected chi connectivity index (χ2v) is 5.37. The van der Waals surface area contributed by atoms with Crippen LogP contribution in [0.25, 0.3) is 0 Å². The van der Waals surface area contributed by atoms with Gasteiger partial charge in [-0.25, -0.2) is 0 Å². The van der Waals surface area contributed by atoms with Gasteiger partial charge < -0.3 is 4.90 Å². The highest BCUT2D eigenvalue weighted by molar-refractivity contribution is 6.05. The molecule has 1 aromatic carbocycles. The van der Waals surface area contributed by atoms with Gasteiger partial charge in [0.05, 0.1) is 12.5 Å². The lowest BCUT2D eigenvalue weighted by Gasteiger charge is -2.38. The molecule has 2 amide bonds. The summed E-state index contributed by atoms with van der Waals surface area (Å²) < 4.78 is 0. The Balaban J connectivity index is 1.62. The summed E-state index contributed by atoms with van der Waals surface area (Å²) in [5, 5.41) is 0. The summed E-state index contributed by atoms with van der Waals surface area (Å²) in [5.41, 5.74) is 1.22. The Morgan fingerprint density at radius 1 is 1.00 bits per heavy atom. The van der Waals surface area contributed by atoms with Gasteiger partial charge in [-0.15, -0.1) is 0 Å². The molecule has 2 heterocycles. The number of imide groups is 1. The summed E-state index contributed by atoms with van der Waals surface area (Å²) in [5.74, 6) is -0.117. The van der Waals surface area contributed by atoms with E-state index in [0.29, 0.717) is 6.42 Å². The van der Waals surface area contributed by atoms with E-state index in [1.54, 1.807) is 7.05 Å². The van der Waals surface area contributed by atoms with Crippen LogP contribution in [-0.4, -0.2) is 60.9 Å². The molecule has 106 valence electrons. The topological polar surface area (TPSA) is 43.9 Å². The summed E-state index contributed by atoms with van der Waals surface area (Å²) in [6.45, 7) is 3.44. The van der Waals surface area contributed by atoms with Gasteiger partial charge in [-0.05, 0) is 12.1 Å². The molecule has 3 rings (SSSR count). The third kappa shape index (κ3) is 2.29. The van der Waals surface area contributed by atoms with Crippen molar-refractivity contribution in [3.63, 3.8) is 0 Å². The number of anilines is 1. The van der Waals surface area contributed by atoms with Gasteiger partial charge in [0.25, 0.3) is 0 Å². The number of benzene rings is 1. The van der Waals surface area contributed by atoms with Gasteiger partial charge in [-0.1, -0.05) is 18.2 Å². The first kappa shape index (κ1) is 13.1. The van der Waals surface area contributed by atoms with Crippen LogP contribution in [-0.2, 0) is 9.59 Å². The van der Waals surface area contributed by atoms with Crippen molar-refractivity contribution in [1.82, 2.24) is 9.80 Å². The van der Waals surface area contributed by atoms with Crippen LogP contribution in [0.15, 0.2) is 30.3 Å². The molecule has 0 aliphatic carbocycles. The number of hydrogen-bond acceptors (Lipinski definition) is 4. The molecule has 0 N–H and O–H groups in total. The average Bonchev–Trinajstić information content (AvgIpc) is 2.76. The minimum Gasteiger partial charge on any atom is -0.369 e. The number of likely N-dealkylation sites (tertiary alicyclic amines) is 1. The minimum atomic E-state index is -0.245. The van der Waals surface area contributed by atoms with E-state index in [9.17, 15) is 9.59 Å². The third-order valence-corrected chi connectivity index (χ3v) is 4.23. The number of likely N-dealkylation sites (N-methyl/N-ethyl adjacent to an activating group) is 1. The average molecular weight is 273 g/mol. The van der Waals surface area contributed by atoms with Crippen LogP contribution in [0, 0.1) is 0 Å². The number of carbonyl (C=O) groups excluding carboxylic acids is 2. The molecule has 2 aliphatic heterocycles. The zero-order valence-electron chi connectivity index (χ0n) is 11.7. The van der Waals surface area contributed by atoms with E-state index in [2.05, 4.69) is 21.9 Å². The van der Waals surface area contributed by atoms with E-state index in [0.717, 1.165) is 26.2 Å². The van der Waals surface area contributed by atoms with Crippen molar-refractivity contribution in [1.29, 1.82) is 0 Å². The second-order valence-electron chi connectivity index (χ2n) is 5.37. The maximum Gasteiger partial charge on any atom is 0.246 e. The molecule has 1 unspecified atom stereocenters. The summed E-state index contributed by atoms with van der Waals surface area (Å²) >= 11 is 0. The quantitative estimate of drug-likeness (QED) is 0.739. The molecule has 2 fully saturated rings. The van der Waals surface area contributed by atoms with E-state index in [4.69, 9.17) is 0 Å². The van der Waals surface area contributed by atoms with E-state index in [1.165, 1.54) is 10.6 Å². The molecule has 0 bridgehead atoms. The summed E-state index contributed by atoms with van der Waals surface area (Å²) in [6.07, 6.45) is 0.334. The Kier molecular flexibility index (Phi) is 3.44. The summed E-state index contributed by atoms with van der Waals surface area (Å²) in [6, 6.07) is 10.1. The molecule has 1 atom stereocenters. The van der Waals surface area contributed by atoms with Crippen molar-refractivity contribution >= 4 is 17.5 Å². The number of para-hydroxylation sites is 1. The lowest BCUT2D eigenvalue weighted by atomic mass is 10.1. The van der Waals surface area contributed by atoms with Crippen molar-refractivity contribution in [2.24, 2.45) is 0 Å². The van der Waals surface area contributed by atoms with Crippen LogP contribution in [0.2, 0.25) is 0 Å². The van der Waals surface area contributed by atoms with Crippen molar-refractivity contribution in [2.75, 3.05) is 38.1 Å². The Hall–Kier alpha value is -1.88. The van der Waals surface area contributed by atoms with Gasteiger partial charge in [-0.2, -0.15) is 0 Å². The minimum absolute atomic E-state index is 0.0526. The van der Waals surface area contributed by atoms with Crippen LogP contribution in [0.4, 0.5) is 5.69 Å². The Labute approximate surface area is 118 Å². The van der Waals surface area contributed by atoms with Gasteiger partial charge in [0.1, 0.15) is 0 Å². The molecule has 0 spiro atoms. The van der Waals surface area contributed by atoms with Gasteiger partial charge in [-0.3, -0.25) is 19.4 Å². The zero-order chi connectivity index (χ0) is 14.1.